The molecule has 4 heteroatoms. The van der Waals surface area contributed by atoms with Gasteiger partial charge in [0.05, 0.1) is 0 Å². The van der Waals surface area contributed by atoms with Crippen LogP contribution in [0.25, 0.3) is 0 Å². The molecule has 0 heterocycles. The second kappa shape index (κ2) is 4.18. The Bertz CT molecular complexity index is 392. The Balaban J connectivity index is 3.34. The molecule has 0 aromatic heterocycles. The first-order valence-electron chi connectivity index (χ1n) is 4.91. The summed E-state index contributed by atoms with van der Waals surface area (Å²) >= 11 is 3.27. The molecule has 1 unspecified atom stereocenters. The van der Waals surface area contributed by atoms with Crippen molar-refractivity contribution in [2.45, 2.75) is 26.4 Å². The molecule has 3 nitrogen and oxygen atoms in total. The average molecular weight is 287 g/mol. The Labute approximate surface area is 103 Å². The molecule has 16 heavy (non-hydrogen) atoms. The Kier molecular flexibility index (Phi) is 3.45. The normalized spacial score (nSPS) is 15.6. The van der Waals surface area contributed by atoms with Gasteiger partial charge in [0.1, 0.15) is 0 Å². The molecule has 1 atom stereocenters. The molecule has 0 radical (unpaired) electrons. The largest absolute Gasteiger partial charge is 0.479 e. The Morgan fingerprint density at radius 2 is 1.62 bits per heavy atom. The van der Waals surface area contributed by atoms with E-state index in [1.807, 2.05) is 0 Å². The number of aliphatic carboxylic acids is 1. The van der Waals surface area contributed by atoms with Crippen molar-refractivity contribution in [3.8, 4) is 0 Å². The van der Waals surface area contributed by atoms with Crippen molar-refractivity contribution in [3.63, 3.8) is 0 Å². The maximum absolute atomic E-state index is 11.3. The molecule has 88 valence electrons. The van der Waals surface area contributed by atoms with Crippen LogP contribution in [0.3, 0.4) is 0 Å². The van der Waals surface area contributed by atoms with Crippen molar-refractivity contribution in [2.24, 2.45) is 5.41 Å². The third-order valence-corrected chi connectivity index (χ3v) is 3.19. The number of carbonyl (C=O) groups is 1. The van der Waals surface area contributed by atoms with E-state index in [1.165, 1.54) is 0 Å². The number of hydrogen-bond acceptors (Lipinski definition) is 2. The minimum atomic E-state index is -1.88. The number of carboxylic acid groups (broad SMARTS) is 1. The maximum atomic E-state index is 11.3. The standard InChI is InChI=1S/C12H15BrO3/c1-11(2,3)12(16,10(14)15)8-4-6-9(13)7-5-8/h4-7,16H,1-3H3,(H,14,15). The highest BCUT2D eigenvalue weighted by molar-refractivity contribution is 9.10. The van der Waals surface area contributed by atoms with Crippen LogP contribution in [0.5, 0.6) is 0 Å². The summed E-state index contributed by atoms with van der Waals surface area (Å²) in [6, 6.07) is 6.66. The van der Waals surface area contributed by atoms with Crippen LogP contribution in [0.15, 0.2) is 28.7 Å². The van der Waals surface area contributed by atoms with Crippen LogP contribution in [0.4, 0.5) is 0 Å². The molecule has 0 aliphatic rings. The minimum absolute atomic E-state index is 0.385. The van der Waals surface area contributed by atoms with Crippen LogP contribution >= 0.6 is 15.9 Å². The summed E-state index contributed by atoms with van der Waals surface area (Å²) in [4.78, 5) is 11.3. The SMILES string of the molecule is CC(C)(C)C(O)(C(=O)O)c1ccc(Br)cc1. The van der Waals surface area contributed by atoms with Gasteiger partial charge in [0, 0.05) is 9.89 Å². The molecule has 0 spiro atoms. The first-order chi connectivity index (χ1) is 7.19. The first kappa shape index (κ1) is 13.2. The van der Waals surface area contributed by atoms with E-state index in [1.54, 1.807) is 45.0 Å². The number of carboxylic acids is 1. The highest BCUT2D eigenvalue weighted by atomic mass is 79.9. The molecule has 0 fully saturated rings. The molecule has 0 aliphatic carbocycles. The Morgan fingerprint density at radius 1 is 1.19 bits per heavy atom. The zero-order valence-corrected chi connectivity index (χ0v) is 11.1. The third kappa shape index (κ3) is 2.13. The molecule has 0 bridgehead atoms. The Hall–Kier alpha value is -0.870. The van der Waals surface area contributed by atoms with Crippen molar-refractivity contribution in [3.05, 3.63) is 34.3 Å². The zero-order valence-electron chi connectivity index (χ0n) is 9.49. The van der Waals surface area contributed by atoms with Crippen LogP contribution in [0.1, 0.15) is 26.3 Å². The number of rotatable bonds is 2. The van der Waals surface area contributed by atoms with Gasteiger partial charge in [0.15, 0.2) is 5.60 Å². The van der Waals surface area contributed by atoms with Crippen molar-refractivity contribution < 1.29 is 15.0 Å². The summed E-state index contributed by atoms with van der Waals surface area (Å²) in [6.07, 6.45) is 0. The summed E-state index contributed by atoms with van der Waals surface area (Å²) < 4.78 is 0.845. The summed E-state index contributed by atoms with van der Waals surface area (Å²) in [5.41, 5.74) is -2.28. The topological polar surface area (TPSA) is 57.5 Å². The van der Waals surface area contributed by atoms with E-state index in [9.17, 15) is 15.0 Å². The second-order valence-electron chi connectivity index (χ2n) is 4.77. The van der Waals surface area contributed by atoms with Gasteiger partial charge in [-0.25, -0.2) is 4.79 Å². The smallest absolute Gasteiger partial charge is 0.340 e. The molecule has 0 amide bonds. The lowest BCUT2D eigenvalue weighted by Crippen LogP contribution is -2.47. The van der Waals surface area contributed by atoms with Crippen molar-refractivity contribution in [1.82, 2.24) is 0 Å². The van der Waals surface area contributed by atoms with E-state index in [2.05, 4.69) is 15.9 Å². The predicted octanol–water partition coefficient (Wildman–Crippen LogP) is 2.77. The van der Waals surface area contributed by atoms with E-state index in [-0.39, 0.29) is 0 Å². The van der Waals surface area contributed by atoms with Crippen molar-refractivity contribution in [2.75, 3.05) is 0 Å². The van der Waals surface area contributed by atoms with Gasteiger partial charge in [-0.1, -0.05) is 48.8 Å². The van der Waals surface area contributed by atoms with E-state index < -0.39 is 17.0 Å². The molecule has 1 aromatic rings. The molecule has 1 rings (SSSR count). The van der Waals surface area contributed by atoms with E-state index in [0.29, 0.717) is 5.56 Å². The highest BCUT2D eigenvalue weighted by Gasteiger charge is 2.48. The second-order valence-corrected chi connectivity index (χ2v) is 5.69. The first-order valence-corrected chi connectivity index (χ1v) is 5.70. The molecule has 2 N–H and O–H groups in total. The Morgan fingerprint density at radius 3 is 1.94 bits per heavy atom. The minimum Gasteiger partial charge on any atom is -0.479 e. The van der Waals surface area contributed by atoms with Crippen LogP contribution in [0, 0.1) is 5.41 Å². The van der Waals surface area contributed by atoms with Crippen molar-refractivity contribution >= 4 is 21.9 Å². The third-order valence-electron chi connectivity index (χ3n) is 2.66. The lowest BCUT2D eigenvalue weighted by Gasteiger charge is -2.36. The predicted molar refractivity (Wildman–Crippen MR) is 65.1 cm³/mol. The van der Waals surface area contributed by atoms with Gasteiger partial charge in [-0.05, 0) is 17.7 Å². The molecular weight excluding hydrogens is 272 g/mol. The monoisotopic (exact) mass is 286 g/mol. The molecular formula is C12H15BrO3. The molecule has 0 aliphatic heterocycles. The number of halogens is 1. The van der Waals surface area contributed by atoms with Gasteiger partial charge in [-0.15, -0.1) is 0 Å². The molecule has 0 saturated carbocycles. The lowest BCUT2D eigenvalue weighted by atomic mass is 9.72. The highest BCUT2D eigenvalue weighted by Crippen LogP contribution is 2.39. The fourth-order valence-corrected chi connectivity index (χ4v) is 1.83. The van der Waals surface area contributed by atoms with Gasteiger partial charge in [0.25, 0.3) is 0 Å². The average Bonchev–Trinajstić information content (AvgIpc) is 2.15. The van der Waals surface area contributed by atoms with E-state index in [4.69, 9.17) is 0 Å². The van der Waals surface area contributed by atoms with Crippen LogP contribution in [-0.4, -0.2) is 16.2 Å². The summed E-state index contributed by atoms with van der Waals surface area (Å²) in [5.74, 6) is -1.23. The number of hydrogen-bond donors (Lipinski definition) is 2. The summed E-state index contributed by atoms with van der Waals surface area (Å²) in [5, 5.41) is 19.6. The van der Waals surface area contributed by atoms with Crippen LogP contribution < -0.4 is 0 Å². The summed E-state index contributed by atoms with van der Waals surface area (Å²) in [6.45, 7) is 5.09. The number of aliphatic hydroxyl groups is 1. The summed E-state index contributed by atoms with van der Waals surface area (Å²) in [7, 11) is 0. The van der Waals surface area contributed by atoms with E-state index >= 15 is 0 Å². The fraction of sp³-hybridized carbons (Fsp3) is 0.417. The van der Waals surface area contributed by atoms with Gasteiger partial charge in [0.2, 0.25) is 0 Å². The fourth-order valence-electron chi connectivity index (χ4n) is 1.57. The van der Waals surface area contributed by atoms with E-state index in [0.717, 1.165) is 4.47 Å². The zero-order chi connectivity index (χ0) is 12.6. The molecule has 0 saturated heterocycles. The quantitative estimate of drug-likeness (QED) is 0.879. The lowest BCUT2D eigenvalue weighted by molar-refractivity contribution is -0.173. The molecule has 1 aromatic carbocycles. The van der Waals surface area contributed by atoms with Gasteiger partial charge in [-0.3, -0.25) is 0 Å². The van der Waals surface area contributed by atoms with Crippen molar-refractivity contribution in [1.29, 1.82) is 0 Å². The number of benzene rings is 1. The van der Waals surface area contributed by atoms with Crippen LogP contribution in [-0.2, 0) is 10.4 Å². The van der Waals surface area contributed by atoms with Gasteiger partial charge >= 0.3 is 5.97 Å². The van der Waals surface area contributed by atoms with Gasteiger partial charge < -0.3 is 10.2 Å². The van der Waals surface area contributed by atoms with Crippen LogP contribution in [0.2, 0.25) is 0 Å². The van der Waals surface area contributed by atoms with Gasteiger partial charge in [-0.2, -0.15) is 0 Å². The maximum Gasteiger partial charge on any atom is 0.340 e.